The molecular formula is C31H38ClN3O4S. The summed E-state index contributed by atoms with van der Waals surface area (Å²) in [6.07, 6.45) is 1.85. The Labute approximate surface area is 243 Å². The number of carbonyl (C=O) groups excluding carboxylic acids is 2. The van der Waals surface area contributed by atoms with Gasteiger partial charge < -0.3 is 10.2 Å². The van der Waals surface area contributed by atoms with E-state index in [2.05, 4.69) is 5.32 Å². The van der Waals surface area contributed by atoms with E-state index in [4.69, 9.17) is 11.6 Å². The van der Waals surface area contributed by atoms with E-state index in [9.17, 15) is 18.0 Å². The molecule has 0 aromatic heterocycles. The number of amides is 2. The van der Waals surface area contributed by atoms with Crippen LogP contribution in [0.1, 0.15) is 43.4 Å². The Hall–Kier alpha value is -3.36. The fraction of sp³-hybridized carbons (Fsp3) is 0.355. The number of halogens is 1. The van der Waals surface area contributed by atoms with Gasteiger partial charge in [-0.2, -0.15) is 0 Å². The molecule has 0 unspecified atom stereocenters. The zero-order valence-corrected chi connectivity index (χ0v) is 25.1. The molecule has 40 heavy (non-hydrogen) atoms. The van der Waals surface area contributed by atoms with Gasteiger partial charge in [0.1, 0.15) is 6.04 Å². The summed E-state index contributed by atoms with van der Waals surface area (Å²) in [6, 6.07) is 23.2. The van der Waals surface area contributed by atoms with Crippen molar-refractivity contribution in [3.63, 3.8) is 0 Å². The van der Waals surface area contributed by atoms with Crippen molar-refractivity contribution < 1.29 is 18.0 Å². The number of benzene rings is 3. The SMILES string of the molecule is Cc1cccc(CN(C(=O)CCCN(c2ccc(Cl)cc2)S(C)(=O)=O)[C@@H](Cc2ccccc2)C(=O)NC(C)C)c1. The molecule has 0 bridgehead atoms. The number of nitrogens with one attached hydrogen (secondary N) is 1. The fourth-order valence-corrected chi connectivity index (χ4v) is 5.64. The summed E-state index contributed by atoms with van der Waals surface area (Å²) in [5, 5.41) is 3.49. The zero-order valence-electron chi connectivity index (χ0n) is 23.5. The van der Waals surface area contributed by atoms with Gasteiger partial charge in [-0.25, -0.2) is 8.42 Å². The average molecular weight is 584 g/mol. The molecule has 3 rings (SSSR count). The minimum Gasteiger partial charge on any atom is -0.352 e. The van der Waals surface area contributed by atoms with E-state index < -0.39 is 16.1 Å². The first-order valence-corrected chi connectivity index (χ1v) is 15.6. The maximum atomic E-state index is 13.8. The van der Waals surface area contributed by atoms with Gasteiger partial charge in [-0.05, 0) is 62.6 Å². The van der Waals surface area contributed by atoms with Crippen molar-refractivity contribution in [3.8, 4) is 0 Å². The number of nitrogens with zero attached hydrogens (tertiary/aromatic N) is 2. The predicted octanol–water partition coefficient (Wildman–Crippen LogP) is 5.36. The molecule has 0 saturated heterocycles. The Morgan fingerprint density at radius 2 is 1.57 bits per heavy atom. The maximum Gasteiger partial charge on any atom is 0.243 e. The number of rotatable bonds is 13. The first-order valence-electron chi connectivity index (χ1n) is 13.4. The minimum atomic E-state index is -3.59. The number of aryl methyl sites for hydroxylation is 1. The molecule has 3 aromatic rings. The van der Waals surface area contributed by atoms with Crippen LogP contribution in [0.4, 0.5) is 5.69 Å². The maximum absolute atomic E-state index is 13.8. The van der Waals surface area contributed by atoms with Crippen LogP contribution < -0.4 is 9.62 Å². The number of hydrogen-bond acceptors (Lipinski definition) is 4. The van der Waals surface area contributed by atoms with Crippen molar-refractivity contribution >= 4 is 39.1 Å². The molecule has 1 atom stereocenters. The molecule has 1 N–H and O–H groups in total. The largest absolute Gasteiger partial charge is 0.352 e. The van der Waals surface area contributed by atoms with Crippen LogP contribution in [0.25, 0.3) is 0 Å². The Morgan fingerprint density at radius 1 is 0.925 bits per heavy atom. The van der Waals surface area contributed by atoms with Crippen LogP contribution in [0.2, 0.25) is 5.02 Å². The standard InChI is InChI=1S/C31H38ClN3O4S/c1-23(2)33-31(37)29(21-25-11-6-5-7-12-25)34(22-26-13-8-10-24(3)20-26)30(36)14-9-19-35(40(4,38)39)28-17-15-27(32)16-18-28/h5-8,10-13,15-18,20,23,29H,9,14,19,21-22H2,1-4H3,(H,33,37)/t29-/m0/s1. The van der Waals surface area contributed by atoms with Crippen LogP contribution in [0.5, 0.6) is 0 Å². The molecule has 0 aliphatic carbocycles. The second kappa shape index (κ2) is 14.3. The summed E-state index contributed by atoms with van der Waals surface area (Å²) in [5.74, 6) is -0.440. The molecule has 0 fully saturated rings. The highest BCUT2D eigenvalue weighted by Gasteiger charge is 2.31. The van der Waals surface area contributed by atoms with E-state index in [1.807, 2.05) is 75.4 Å². The summed E-state index contributed by atoms with van der Waals surface area (Å²) < 4.78 is 26.4. The minimum absolute atomic E-state index is 0.0751. The lowest BCUT2D eigenvalue weighted by Gasteiger charge is -2.32. The molecule has 0 aliphatic rings. The van der Waals surface area contributed by atoms with Crippen LogP contribution in [0.3, 0.4) is 0 Å². The van der Waals surface area contributed by atoms with Gasteiger partial charge in [0, 0.05) is 37.0 Å². The fourth-order valence-electron chi connectivity index (χ4n) is 4.55. The van der Waals surface area contributed by atoms with Gasteiger partial charge in [0.05, 0.1) is 11.9 Å². The molecule has 214 valence electrons. The summed E-state index contributed by atoms with van der Waals surface area (Å²) in [7, 11) is -3.59. The lowest BCUT2D eigenvalue weighted by Crippen LogP contribution is -2.51. The third-order valence-corrected chi connectivity index (χ3v) is 7.85. The normalized spacial score (nSPS) is 12.2. The average Bonchev–Trinajstić information content (AvgIpc) is 2.89. The highest BCUT2D eigenvalue weighted by Crippen LogP contribution is 2.22. The molecule has 0 saturated carbocycles. The van der Waals surface area contributed by atoms with Crippen LogP contribution in [0.15, 0.2) is 78.9 Å². The summed E-state index contributed by atoms with van der Waals surface area (Å²) >= 11 is 5.98. The van der Waals surface area contributed by atoms with Crippen LogP contribution in [-0.2, 0) is 32.6 Å². The third kappa shape index (κ3) is 9.38. The number of carbonyl (C=O) groups is 2. The highest BCUT2D eigenvalue weighted by atomic mass is 35.5. The van der Waals surface area contributed by atoms with E-state index >= 15 is 0 Å². The Morgan fingerprint density at radius 3 is 2.17 bits per heavy atom. The molecule has 0 spiro atoms. The summed E-state index contributed by atoms with van der Waals surface area (Å²) in [4.78, 5) is 28.9. The van der Waals surface area contributed by atoms with Gasteiger partial charge in [0.25, 0.3) is 0 Å². The monoisotopic (exact) mass is 583 g/mol. The van der Waals surface area contributed by atoms with Crippen molar-refractivity contribution in [1.29, 1.82) is 0 Å². The van der Waals surface area contributed by atoms with Crippen LogP contribution in [0, 0.1) is 6.92 Å². The number of anilines is 1. The molecule has 3 aromatic carbocycles. The van der Waals surface area contributed by atoms with E-state index in [0.29, 0.717) is 17.1 Å². The Bertz CT molecular complexity index is 1380. The van der Waals surface area contributed by atoms with E-state index in [1.165, 1.54) is 4.31 Å². The first kappa shape index (κ1) is 31.2. The van der Waals surface area contributed by atoms with Crippen molar-refractivity contribution in [2.75, 3.05) is 17.1 Å². The Kier molecular flexibility index (Phi) is 11.2. The van der Waals surface area contributed by atoms with Gasteiger partial charge in [-0.1, -0.05) is 71.8 Å². The van der Waals surface area contributed by atoms with Gasteiger partial charge in [-0.15, -0.1) is 0 Å². The number of hydrogen-bond donors (Lipinski definition) is 1. The van der Waals surface area contributed by atoms with Gasteiger partial charge in [0.15, 0.2) is 0 Å². The molecule has 9 heteroatoms. The second-order valence-electron chi connectivity index (χ2n) is 10.3. The predicted molar refractivity (Wildman–Crippen MR) is 162 cm³/mol. The molecule has 7 nitrogen and oxygen atoms in total. The van der Waals surface area contributed by atoms with Crippen molar-refractivity contribution in [1.82, 2.24) is 10.2 Å². The second-order valence-corrected chi connectivity index (χ2v) is 12.6. The molecule has 2 amide bonds. The molecule has 0 radical (unpaired) electrons. The van der Waals surface area contributed by atoms with E-state index in [0.717, 1.165) is 22.9 Å². The molecule has 0 aliphatic heterocycles. The Balaban J connectivity index is 1.87. The van der Waals surface area contributed by atoms with Crippen LogP contribution in [-0.4, -0.2) is 50.0 Å². The van der Waals surface area contributed by atoms with Crippen molar-refractivity contribution in [2.24, 2.45) is 0 Å². The molecule has 0 heterocycles. The van der Waals surface area contributed by atoms with Crippen molar-refractivity contribution in [3.05, 3.63) is 101 Å². The lowest BCUT2D eigenvalue weighted by atomic mass is 10.0. The van der Waals surface area contributed by atoms with Gasteiger partial charge in [-0.3, -0.25) is 13.9 Å². The summed E-state index contributed by atoms with van der Waals surface area (Å²) in [5.41, 5.74) is 3.40. The van der Waals surface area contributed by atoms with E-state index in [-0.39, 0.29) is 43.8 Å². The highest BCUT2D eigenvalue weighted by molar-refractivity contribution is 7.92. The topological polar surface area (TPSA) is 86.8 Å². The first-order chi connectivity index (χ1) is 18.9. The van der Waals surface area contributed by atoms with E-state index in [1.54, 1.807) is 29.2 Å². The number of sulfonamides is 1. The quantitative estimate of drug-likeness (QED) is 0.293. The van der Waals surface area contributed by atoms with Crippen LogP contribution >= 0.6 is 11.6 Å². The zero-order chi connectivity index (χ0) is 29.3. The summed E-state index contributed by atoms with van der Waals surface area (Å²) in [6.45, 7) is 6.14. The third-order valence-electron chi connectivity index (χ3n) is 6.40. The van der Waals surface area contributed by atoms with Gasteiger partial charge >= 0.3 is 0 Å². The smallest absolute Gasteiger partial charge is 0.243 e. The molecular weight excluding hydrogens is 546 g/mol. The van der Waals surface area contributed by atoms with Gasteiger partial charge in [0.2, 0.25) is 21.8 Å². The van der Waals surface area contributed by atoms with Crippen molar-refractivity contribution in [2.45, 2.75) is 58.7 Å². The lowest BCUT2D eigenvalue weighted by molar-refractivity contribution is -0.141.